The molecule has 0 spiro atoms. The first-order valence-corrected chi connectivity index (χ1v) is 11.5. The second-order valence-corrected chi connectivity index (χ2v) is 9.71. The van der Waals surface area contributed by atoms with Crippen molar-refractivity contribution in [3.8, 4) is 0 Å². The maximum absolute atomic E-state index is 13.0. The molecule has 0 saturated carbocycles. The van der Waals surface area contributed by atoms with Crippen LogP contribution in [0.1, 0.15) is 15.9 Å². The highest BCUT2D eigenvalue weighted by Crippen LogP contribution is 2.34. The predicted octanol–water partition coefficient (Wildman–Crippen LogP) is 4.66. The molecular weight excluding hydrogens is 465 g/mol. The van der Waals surface area contributed by atoms with Crippen LogP contribution < -0.4 is 0 Å². The molecular formula is C22H18ClF3N2O3S. The monoisotopic (exact) mass is 482 g/mol. The number of nitrogens with zero attached hydrogens (tertiary/aromatic N) is 2. The van der Waals surface area contributed by atoms with Crippen LogP contribution in [0.25, 0.3) is 10.8 Å². The molecule has 0 aliphatic carbocycles. The second kappa shape index (κ2) is 8.38. The number of carbonyl (C=O) groups is 1. The zero-order valence-electron chi connectivity index (χ0n) is 16.6. The van der Waals surface area contributed by atoms with Crippen LogP contribution in [0.4, 0.5) is 13.2 Å². The average Bonchev–Trinajstić information content (AvgIpc) is 2.77. The molecule has 1 fully saturated rings. The van der Waals surface area contributed by atoms with Crippen molar-refractivity contribution >= 4 is 38.3 Å². The smallest absolute Gasteiger partial charge is 0.336 e. The molecule has 1 saturated heterocycles. The van der Waals surface area contributed by atoms with E-state index in [0.717, 1.165) is 27.2 Å². The highest BCUT2D eigenvalue weighted by molar-refractivity contribution is 7.89. The fraction of sp³-hybridized carbons (Fsp3) is 0.227. The summed E-state index contributed by atoms with van der Waals surface area (Å²) in [5.41, 5.74) is -0.605. The van der Waals surface area contributed by atoms with Crippen LogP contribution in [0.3, 0.4) is 0 Å². The number of halogens is 4. The van der Waals surface area contributed by atoms with Gasteiger partial charge in [-0.1, -0.05) is 41.9 Å². The van der Waals surface area contributed by atoms with Gasteiger partial charge in [0, 0.05) is 31.7 Å². The number of piperazine rings is 1. The SMILES string of the molecule is O=C(c1ccc2ccccc2c1)N1CCN(S(=O)(=O)c2cc(C(F)(F)F)ccc2Cl)CC1. The number of rotatable bonds is 3. The summed E-state index contributed by atoms with van der Waals surface area (Å²) in [6.45, 7) is 0.130. The normalized spacial score (nSPS) is 15.8. The van der Waals surface area contributed by atoms with Crippen molar-refractivity contribution < 1.29 is 26.4 Å². The van der Waals surface area contributed by atoms with E-state index >= 15 is 0 Å². The van der Waals surface area contributed by atoms with E-state index in [4.69, 9.17) is 11.6 Å². The largest absolute Gasteiger partial charge is 0.416 e. The van der Waals surface area contributed by atoms with Crippen LogP contribution in [0.5, 0.6) is 0 Å². The van der Waals surface area contributed by atoms with Gasteiger partial charge in [-0.05, 0) is 41.1 Å². The summed E-state index contributed by atoms with van der Waals surface area (Å²) in [5, 5.41) is 1.63. The van der Waals surface area contributed by atoms with Crippen molar-refractivity contribution in [2.75, 3.05) is 26.2 Å². The van der Waals surface area contributed by atoms with Crippen LogP contribution in [-0.2, 0) is 16.2 Å². The summed E-state index contributed by atoms with van der Waals surface area (Å²) in [4.78, 5) is 13.8. The first kappa shape index (κ1) is 22.6. The van der Waals surface area contributed by atoms with Gasteiger partial charge in [0.2, 0.25) is 10.0 Å². The lowest BCUT2D eigenvalue weighted by Crippen LogP contribution is -2.50. The Kier molecular flexibility index (Phi) is 5.91. The van der Waals surface area contributed by atoms with E-state index in [-0.39, 0.29) is 37.1 Å². The lowest BCUT2D eigenvalue weighted by Gasteiger charge is -2.34. The zero-order valence-corrected chi connectivity index (χ0v) is 18.2. The summed E-state index contributed by atoms with van der Waals surface area (Å²) in [6, 6.07) is 15.2. The van der Waals surface area contributed by atoms with Gasteiger partial charge in [0.25, 0.3) is 5.91 Å². The first-order valence-electron chi connectivity index (χ1n) is 9.72. The van der Waals surface area contributed by atoms with Gasteiger partial charge in [0.1, 0.15) is 4.90 Å². The molecule has 0 radical (unpaired) electrons. The number of benzene rings is 3. The molecule has 0 atom stereocenters. The molecule has 0 unspecified atom stereocenters. The number of alkyl halides is 3. The Morgan fingerprint density at radius 2 is 1.53 bits per heavy atom. The lowest BCUT2D eigenvalue weighted by molar-refractivity contribution is -0.137. The minimum absolute atomic E-state index is 0.0474. The third-order valence-corrected chi connectivity index (χ3v) is 7.78. The van der Waals surface area contributed by atoms with E-state index in [1.54, 1.807) is 12.1 Å². The molecule has 1 amide bonds. The summed E-state index contributed by atoms with van der Waals surface area (Å²) < 4.78 is 66.1. The third kappa shape index (κ3) is 4.32. The van der Waals surface area contributed by atoms with Crippen molar-refractivity contribution in [1.82, 2.24) is 9.21 Å². The number of sulfonamides is 1. The van der Waals surface area contributed by atoms with Gasteiger partial charge in [0.05, 0.1) is 10.6 Å². The van der Waals surface area contributed by atoms with Gasteiger partial charge in [-0.2, -0.15) is 17.5 Å². The van der Waals surface area contributed by atoms with E-state index in [0.29, 0.717) is 11.6 Å². The molecule has 32 heavy (non-hydrogen) atoms. The first-order chi connectivity index (χ1) is 15.1. The number of fused-ring (bicyclic) bond motifs is 1. The molecule has 168 valence electrons. The van der Waals surface area contributed by atoms with Crippen LogP contribution in [-0.4, -0.2) is 49.7 Å². The zero-order chi connectivity index (χ0) is 23.1. The van der Waals surface area contributed by atoms with Crippen LogP contribution in [0, 0.1) is 0 Å². The average molecular weight is 483 g/mol. The van der Waals surface area contributed by atoms with Crippen LogP contribution >= 0.6 is 11.6 Å². The number of carbonyl (C=O) groups excluding carboxylic acids is 1. The molecule has 3 aromatic carbocycles. The molecule has 4 rings (SSSR count). The summed E-state index contributed by atoms with van der Waals surface area (Å²) in [5.74, 6) is -0.232. The van der Waals surface area contributed by atoms with Gasteiger partial charge in [-0.25, -0.2) is 8.42 Å². The third-order valence-electron chi connectivity index (χ3n) is 5.40. The van der Waals surface area contributed by atoms with Crippen molar-refractivity contribution in [3.05, 3.63) is 76.8 Å². The van der Waals surface area contributed by atoms with Crippen molar-refractivity contribution in [2.24, 2.45) is 0 Å². The fourth-order valence-corrected chi connectivity index (χ4v) is 5.58. The molecule has 0 bridgehead atoms. The predicted molar refractivity (Wildman–Crippen MR) is 115 cm³/mol. The molecule has 5 nitrogen and oxygen atoms in total. The number of hydrogen-bond acceptors (Lipinski definition) is 3. The molecule has 1 aliphatic rings. The molecule has 0 N–H and O–H groups in total. The molecule has 3 aromatic rings. The minimum Gasteiger partial charge on any atom is -0.336 e. The van der Waals surface area contributed by atoms with Gasteiger partial charge < -0.3 is 4.90 Å². The highest BCUT2D eigenvalue weighted by Gasteiger charge is 2.36. The maximum Gasteiger partial charge on any atom is 0.416 e. The Morgan fingerprint density at radius 1 is 0.875 bits per heavy atom. The number of hydrogen-bond donors (Lipinski definition) is 0. The second-order valence-electron chi connectivity index (χ2n) is 7.40. The van der Waals surface area contributed by atoms with Gasteiger partial charge in [-0.15, -0.1) is 0 Å². The highest BCUT2D eigenvalue weighted by atomic mass is 35.5. The van der Waals surface area contributed by atoms with E-state index in [1.807, 2.05) is 30.3 Å². The van der Waals surface area contributed by atoms with Crippen molar-refractivity contribution in [1.29, 1.82) is 0 Å². The standard InChI is InChI=1S/C22H18ClF3N2O3S/c23-19-8-7-18(22(24,25)26)14-20(19)32(30,31)28-11-9-27(10-12-28)21(29)17-6-5-15-3-1-2-4-16(15)13-17/h1-8,13-14H,9-12H2. The quantitative estimate of drug-likeness (QED) is 0.545. The van der Waals surface area contributed by atoms with E-state index < -0.39 is 26.7 Å². The Hall–Kier alpha value is -2.62. The van der Waals surface area contributed by atoms with Crippen molar-refractivity contribution in [3.63, 3.8) is 0 Å². The molecule has 10 heteroatoms. The summed E-state index contributed by atoms with van der Waals surface area (Å²) >= 11 is 5.92. The maximum atomic E-state index is 13.0. The topological polar surface area (TPSA) is 57.7 Å². The van der Waals surface area contributed by atoms with E-state index in [1.165, 1.54) is 4.90 Å². The molecule has 1 heterocycles. The Bertz CT molecular complexity index is 1290. The van der Waals surface area contributed by atoms with Crippen LogP contribution in [0.15, 0.2) is 65.6 Å². The fourth-order valence-electron chi connectivity index (χ4n) is 3.65. The number of amides is 1. The lowest BCUT2D eigenvalue weighted by atomic mass is 10.1. The van der Waals surface area contributed by atoms with Crippen molar-refractivity contribution in [2.45, 2.75) is 11.1 Å². The molecule has 0 aromatic heterocycles. The Morgan fingerprint density at radius 3 is 2.19 bits per heavy atom. The summed E-state index contributed by atoms with van der Waals surface area (Å²) in [7, 11) is -4.25. The van der Waals surface area contributed by atoms with Gasteiger partial charge in [-0.3, -0.25) is 4.79 Å². The van der Waals surface area contributed by atoms with Gasteiger partial charge >= 0.3 is 6.18 Å². The Balaban J connectivity index is 1.51. The summed E-state index contributed by atoms with van der Waals surface area (Å²) in [6.07, 6.45) is -4.69. The van der Waals surface area contributed by atoms with E-state index in [9.17, 15) is 26.4 Å². The minimum atomic E-state index is -4.69. The van der Waals surface area contributed by atoms with Crippen LogP contribution in [0.2, 0.25) is 5.02 Å². The Labute approximate surface area is 188 Å². The molecule has 1 aliphatic heterocycles. The van der Waals surface area contributed by atoms with E-state index in [2.05, 4.69) is 0 Å². The van der Waals surface area contributed by atoms with Gasteiger partial charge in [0.15, 0.2) is 0 Å².